The predicted molar refractivity (Wildman–Crippen MR) is 71.2 cm³/mol. The van der Waals surface area contributed by atoms with Gasteiger partial charge in [-0.2, -0.15) is 0 Å². The van der Waals surface area contributed by atoms with Crippen molar-refractivity contribution in [1.29, 1.82) is 0 Å². The van der Waals surface area contributed by atoms with Crippen molar-refractivity contribution in [2.75, 3.05) is 6.54 Å². The van der Waals surface area contributed by atoms with Crippen molar-refractivity contribution in [3.05, 3.63) is 71.8 Å². The Morgan fingerprint density at radius 1 is 1.25 bits per heavy atom. The van der Waals surface area contributed by atoms with E-state index in [1.165, 1.54) is 5.57 Å². The van der Waals surface area contributed by atoms with Crippen molar-refractivity contribution in [1.82, 2.24) is 5.32 Å². The van der Waals surface area contributed by atoms with E-state index in [1.54, 1.807) is 0 Å². The minimum Gasteiger partial charge on any atom is -0.369 e. The average molecular weight is 226 g/mol. The number of hydrogen-bond donors (Lipinski definition) is 1. The Bertz CT molecular complexity index is 455. The lowest BCUT2D eigenvalue weighted by atomic mass is 10.1. The highest BCUT2D eigenvalue weighted by molar-refractivity contribution is 7.80. The second-order valence-corrected chi connectivity index (χ2v) is 3.87. The Morgan fingerprint density at radius 3 is 2.75 bits per heavy atom. The van der Waals surface area contributed by atoms with Crippen LogP contribution in [0.5, 0.6) is 0 Å². The molecule has 0 aliphatic heterocycles. The van der Waals surface area contributed by atoms with E-state index in [0.717, 1.165) is 17.1 Å². The molecule has 1 aromatic carbocycles. The summed E-state index contributed by atoms with van der Waals surface area (Å²) in [5, 5.41) is 3.23. The second-order valence-electron chi connectivity index (χ2n) is 3.46. The van der Waals surface area contributed by atoms with Gasteiger partial charge in [0.15, 0.2) is 0 Å². The van der Waals surface area contributed by atoms with E-state index in [2.05, 4.69) is 11.4 Å². The largest absolute Gasteiger partial charge is 0.369 e. The van der Waals surface area contributed by atoms with Gasteiger partial charge in [0.1, 0.15) is 17.1 Å². The van der Waals surface area contributed by atoms with Gasteiger partial charge in [-0.3, -0.25) is 0 Å². The minimum atomic E-state index is 0.752. The van der Waals surface area contributed by atoms with Gasteiger partial charge in [0.05, 0.1) is 24.3 Å². The van der Waals surface area contributed by atoms with Crippen LogP contribution in [0.2, 0.25) is 0 Å². The van der Waals surface area contributed by atoms with Gasteiger partial charge in [0.25, 0.3) is 0 Å². The summed E-state index contributed by atoms with van der Waals surface area (Å²) < 4.78 is 0. The van der Waals surface area contributed by atoms with Crippen LogP contribution in [0.1, 0.15) is 5.56 Å². The zero-order valence-corrected chi connectivity index (χ0v) is 9.63. The molecule has 1 aliphatic rings. The number of hydrogen-bond acceptors (Lipinski definition) is 1. The maximum atomic E-state index is 5.30. The molecular weight excluding hydrogens is 214 g/mol. The lowest BCUT2D eigenvalue weighted by molar-refractivity contribution is 1.02. The summed E-state index contributed by atoms with van der Waals surface area (Å²) in [4.78, 5) is 0.786. The van der Waals surface area contributed by atoms with E-state index in [0.29, 0.717) is 0 Å². The van der Waals surface area contributed by atoms with Crippen LogP contribution in [-0.4, -0.2) is 11.5 Å². The predicted octanol–water partition coefficient (Wildman–Crippen LogP) is 2.81. The molecule has 0 radical (unpaired) electrons. The summed E-state index contributed by atoms with van der Waals surface area (Å²) in [6.45, 7) is 0.752. The number of nitrogens with one attached hydrogen (secondary N) is 1. The Labute approximate surface area is 101 Å². The summed E-state index contributed by atoms with van der Waals surface area (Å²) in [6.07, 6.45) is 10.9. The topological polar surface area (TPSA) is 12.0 Å². The third-order valence-electron chi connectivity index (χ3n) is 2.28. The van der Waals surface area contributed by atoms with Crippen LogP contribution in [0.15, 0.2) is 60.2 Å². The molecule has 0 fully saturated rings. The fraction of sp³-hybridized carbons (Fsp3) is 0.0714. The molecular formula is C14H12NS+. The molecule has 0 atom stereocenters. The molecule has 1 nitrogen and oxygen atoms in total. The molecule has 16 heavy (non-hydrogen) atoms. The summed E-state index contributed by atoms with van der Waals surface area (Å²) in [5.74, 6) is 0. The summed E-state index contributed by atoms with van der Waals surface area (Å²) in [6, 6.07) is 9.98. The third-order valence-corrected chi connectivity index (χ3v) is 2.66. The lowest BCUT2D eigenvalue weighted by Gasteiger charge is -2.06. The Kier molecular flexibility index (Phi) is 3.60. The highest BCUT2D eigenvalue weighted by Crippen LogP contribution is 2.03. The van der Waals surface area contributed by atoms with E-state index in [9.17, 15) is 0 Å². The standard InChI is InChI=1S/C14H11NS/c16-14(13-9-5-2-6-10-13)15-11-12-7-3-1-4-8-12/h2-10H,11H2/p+1. The van der Waals surface area contributed by atoms with Crippen molar-refractivity contribution < 1.29 is 0 Å². The van der Waals surface area contributed by atoms with E-state index in [-0.39, 0.29) is 0 Å². The maximum Gasteiger partial charge on any atom is 0.106 e. The molecule has 0 heterocycles. The van der Waals surface area contributed by atoms with Crippen molar-refractivity contribution in [3.8, 4) is 0 Å². The molecule has 0 bridgehead atoms. The Morgan fingerprint density at radius 2 is 2.06 bits per heavy atom. The first-order valence-corrected chi connectivity index (χ1v) is 5.55. The molecule has 78 valence electrons. The van der Waals surface area contributed by atoms with E-state index >= 15 is 0 Å². The van der Waals surface area contributed by atoms with E-state index < -0.39 is 0 Å². The number of rotatable bonds is 3. The minimum absolute atomic E-state index is 0.752. The van der Waals surface area contributed by atoms with Gasteiger partial charge in [0.2, 0.25) is 0 Å². The molecule has 0 saturated carbocycles. The van der Waals surface area contributed by atoms with Crippen LogP contribution < -0.4 is 5.32 Å². The van der Waals surface area contributed by atoms with Crippen LogP contribution >= 0.6 is 12.2 Å². The zero-order valence-electron chi connectivity index (χ0n) is 8.81. The first kappa shape index (κ1) is 10.7. The van der Waals surface area contributed by atoms with Gasteiger partial charge in [-0.25, -0.2) is 0 Å². The van der Waals surface area contributed by atoms with Gasteiger partial charge in [-0.1, -0.05) is 42.5 Å². The molecule has 0 amide bonds. The third kappa shape index (κ3) is 2.86. The first-order valence-electron chi connectivity index (χ1n) is 5.14. The van der Waals surface area contributed by atoms with Crippen LogP contribution in [0, 0.1) is 6.08 Å². The molecule has 0 aromatic heterocycles. The van der Waals surface area contributed by atoms with E-state index in [1.807, 2.05) is 54.6 Å². The van der Waals surface area contributed by atoms with Crippen LogP contribution in [0.3, 0.4) is 0 Å². The quantitative estimate of drug-likeness (QED) is 0.628. The molecule has 0 spiro atoms. The number of benzene rings is 1. The Balaban J connectivity index is 1.92. The van der Waals surface area contributed by atoms with Gasteiger partial charge in [0, 0.05) is 11.6 Å². The van der Waals surface area contributed by atoms with Crippen molar-refractivity contribution in [2.24, 2.45) is 0 Å². The highest BCUT2D eigenvalue weighted by atomic mass is 32.1. The lowest BCUT2D eigenvalue weighted by Crippen LogP contribution is -2.24. The SMILES string of the molecule is S=C(NCC1=CC=[C+]C=C1)c1ccccc1. The van der Waals surface area contributed by atoms with Crippen LogP contribution in [0.25, 0.3) is 0 Å². The summed E-state index contributed by atoms with van der Waals surface area (Å²) in [5.41, 5.74) is 2.26. The monoisotopic (exact) mass is 226 g/mol. The normalized spacial score (nSPS) is 12.9. The van der Waals surface area contributed by atoms with Crippen molar-refractivity contribution in [3.63, 3.8) is 0 Å². The van der Waals surface area contributed by atoms with Gasteiger partial charge in [-0.05, 0) is 0 Å². The fourth-order valence-corrected chi connectivity index (χ4v) is 1.62. The average Bonchev–Trinajstić information content (AvgIpc) is 2.38. The van der Waals surface area contributed by atoms with Crippen molar-refractivity contribution >= 4 is 17.2 Å². The molecule has 0 unspecified atom stereocenters. The maximum absolute atomic E-state index is 5.30. The second kappa shape index (κ2) is 5.36. The smallest absolute Gasteiger partial charge is 0.106 e. The van der Waals surface area contributed by atoms with Gasteiger partial charge in [-0.15, -0.1) is 0 Å². The molecule has 2 heteroatoms. The first-order chi connectivity index (χ1) is 7.86. The van der Waals surface area contributed by atoms with Gasteiger partial charge >= 0.3 is 0 Å². The molecule has 2 rings (SSSR count). The highest BCUT2D eigenvalue weighted by Gasteiger charge is 2.04. The van der Waals surface area contributed by atoms with Crippen molar-refractivity contribution in [2.45, 2.75) is 0 Å². The fourth-order valence-electron chi connectivity index (χ4n) is 1.41. The molecule has 0 saturated heterocycles. The molecule has 1 N–H and O–H groups in total. The summed E-state index contributed by atoms with van der Waals surface area (Å²) >= 11 is 5.30. The van der Waals surface area contributed by atoms with Crippen LogP contribution in [-0.2, 0) is 0 Å². The molecule has 1 aliphatic carbocycles. The van der Waals surface area contributed by atoms with Gasteiger partial charge < -0.3 is 5.32 Å². The van der Waals surface area contributed by atoms with E-state index in [4.69, 9.17) is 12.2 Å². The zero-order chi connectivity index (χ0) is 11.2. The van der Waals surface area contributed by atoms with Crippen LogP contribution in [0.4, 0.5) is 0 Å². The summed E-state index contributed by atoms with van der Waals surface area (Å²) in [7, 11) is 0. The number of thiocarbonyl (C=S) groups is 1. The Hall–Kier alpha value is -1.76. The molecule has 1 aromatic rings. The number of allylic oxidation sites excluding steroid dienone is 4.